The first-order valence-corrected chi connectivity index (χ1v) is 9.37. The van der Waals surface area contributed by atoms with Crippen molar-refractivity contribution >= 4 is 33.1 Å². The van der Waals surface area contributed by atoms with E-state index in [4.69, 9.17) is 11.6 Å². The Bertz CT molecular complexity index is 878. The van der Waals surface area contributed by atoms with Gasteiger partial charge in [0, 0.05) is 28.6 Å². The fourth-order valence-electron chi connectivity index (χ4n) is 2.87. The van der Waals surface area contributed by atoms with Gasteiger partial charge in [0.1, 0.15) is 11.5 Å². The first-order valence-electron chi connectivity index (χ1n) is 7.51. The third kappa shape index (κ3) is 3.39. The number of sulfonamides is 1. The van der Waals surface area contributed by atoms with Crippen molar-refractivity contribution in [2.45, 2.75) is 30.1 Å². The summed E-state index contributed by atoms with van der Waals surface area (Å²) in [5.41, 5.74) is 0.770. The van der Waals surface area contributed by atoms with E-state index in [1.165, 1.54) is 42.5 Å². The summed E-state index contributed by atoms with van der Waals surface area (Å²) in [5.74, 6) is -0.294. The number of phenolic OH excluding ortho intramolecular Hbond substituents is 1. The summed E-state index contributed by atoms with van der Waals surface area (Å²) >= 11 is 5.77. The second-order valence-electron chi connectivity index (χ2n) is 5.74. The molecule has 1 atom stereocenters. The van der Waals surface area contributed by atoms with Crippen molar-refractivity contribution < 1.29 is 18.3 Å². The molecule has 5 nitrogen and oxygen atoms in total. The standard InChI is InChI=1S/C17H16ClNO4S/c18-11-4-7-13(8-5-11)24(22,23)19-12-6-9-17(21)15(10-12)14-2-1-3-16(14)20/h4-10,14,19,21H,1-3H2/t14-/m1/s1. The molecule has 0 radical (unpaired) electrons. The van der Waals surface area contributed by atoms with E-state index in [9.17, 15) is 18.3 Å². The fraction of sp³-hybridized carbons (Fsp3) is 0.235. The molecular formula is C17H16ClNO4S. The first kappa shape index (κ1) is 16.8. The molecule has 7 heteroatoms. The fourth-order valence-corrected chi connectivity index (χ4v) is 4.05. The highest BCUT2D eigenvalue weighted by atomic mass is 35.5. The summed E-state index contributed by atoms with van der Waals surface area (Å²) in [6.07, 6.45) is 1.94. The minimum Gasteiger partial charge on any atom is -0.508 e. The second kappa shape index (κ2) is 6.45. The molecule has 1 saturated carbocycles. The Morgan fingerprint density at radius 1 is 1.12 bits per heavy atom. The number of aromatic hydroxyl groups is 1. The Kier molecular flexibility index (Phi) is 4.51. The molecule has 0 spiro atoms. The molecule has 1 fully saturated rings. The number of ketones is 1. The van der Waals surface area contributed by atoms with E-state index in [2.05, 4.69) is 4.72 Å². The lowest BCUT2D eigenvalue weighted by Gasteiger charge is -2.14. The van der Waals surface area contributed by atoms with Gasteiger partial charge >= 0.3 is 0 Å². The Morgan fingerprint density at radius 3 is 2.46 bits per heavy atom. The van der Waals surface area contributed by atoms with Crippen molar-refractivity contribution in [1.29, 1.82) is 0 Å². The predicted octanol–water partition coefficient (Wildman–Crippen LogP) is 3.68. The highest BCUT2D eigenvalue weighted by Crippen LogP contribution is 2.37. The summed E-state index contributed by atoms with van der Waals surface area (Å²) in [4.78, 5) is 12.0. The normalized spacial score (nSPS) is 17.9. The first-order chi connectivity index (χ1) is 11.4. The third-order valence-electron chi connectivity index (χ3n) is 4.08. The number of Topliss-reactive ketones (excluding diaryl/α,β-unsaturated/α-hetero) is 1. The van der Waals surface area contributed by atoms with Gasteiger partial charge in [-0.05, 0) is 55.3 Å². The Balaban J connectivity index is 1.90. The lowest BCUT2D eigenvalue weighted by molar-refractivity contribution is -0.118. The third-order valence-corrected chi connectivity index (χ3v) is 5.73. The summed E-state index contributed by atoms with van der Waals surface area (Å²) in [6.45, 7) is 0. The van der Waals surface area contributed by atoms with Crippen LogP contribution < -0.4 is 4.72 Å². The molecule has 24 heavy (non-hydrogen) atoms. The molecule has 0 unspecified atom stereocenters. The van der Waals surface area contributed by atoms with E-state index in [-0.39, 0.29) is 22.3 Å². The maximum absolute atomic E-state index is 12.4. The maximum atomic E-state index is 12.4. The number of nitrogens with one attached hydrogen (secondary N) is 1. The molecule has 1 aliphatic rings. The number of carbonyl (C=O) groups is 1. The summed E-state index contributed by atoms with van der Waals surface area (Å²) < 4.78 is 27.3. The highest BCUT2D eigenvalue weighted by molar-refractivity contribution is 7.92. The van der Waals surface area contributed by atoms with E-state index < -0.39 is 10.0 Å². The van der Waals surface area contributed by atoms with Crippen molar-refractivity contribution in [2.24, 2.45) is 0 Å². The number of hydrogen-bond acceptors (Lipinski definition) is 4. The minimum atomic E-state index is -3.77. The molecule has 0 heterocycles. The number of rotatable bonds is 4. The van der Waals surface area contributed by atoms with Crippen molar-refractivity contribution in [3.05, 3.63) is 53.1 Å². The van der Waals surface area contributed by atoms with Gasteiger partial charge in [-0.1, -0.05) is 11.6 Å². The largest absolute Gasteiger partial charge is 0.508 e. The lowest BCUT2D eigenvalue weighted by Crippen LogP contribution is -2.13. The molecule has 126 valence electrons. The Labute approximate surface area is 145 Å². The molecule has 2 N–H and O–H groups in total. The molecule has 2 aromatic carbocycles. The SMILES string of the molecule is O=C1CCC[C@@H]1c1cc(NS(=O)(=O)c2ccc(Cl)cc2)ccc1O. The topological polar surface area (TPSA) is 83.5 Å². The van der Waals surface area contributed by atoms with Crippen LogP contribution in [0.5, 0.6) is 5.75 Å². The molecule has 0 bridgehead atoms. The van der Waals surface area contributed by atoms with Gasteiger partial charge in [0.25, 0.3) is 10.0 Å². The van der Waals surface area contributed by atoms with Crippen molar-refractivity contribution in [2.75, 3.05) is 4.72 Å². The number of carbonyl (C=O) groups excluding carboxylic acids is 1. The van der Waals surface area contributed by atoms with Gasteiger partial charge in [-0.25, -0.2) is 8.42 Å². The zero-order valence-corrected chi connectivity index (χ0v) is 14.3. The molecule has 0 amide bonds. The molecule has 0 saturated heterocycles. The number of phenols is 1. The zero-order chi connectivity index (χ0) is 17.3. The van der Waals surface area contributed by atoms with Crippen molar-refractivity contribution in [1.82, 2.24) is 0 Å². The molecule has 0 aliphatic heterocycles. The number of hydrogen-bond donors (Lipinski definition) is 2. The van der Waals surface area contributed by atoms with E-state index in [1.807, 2.05) is 0 Å². The smallest absolute Gasteiger partial charge is 0.261 e. The summed E-state index contributed by atoms with van der Waals surface area (Å²) in [6, 6.07) is 10.2. The van der Waals surface area contributed by atoms with Gasteiger partial charge in [0.15, 0.2) is 0 Å². The number of benzene rings is 2. The number of anilines is 1. The molecule has 1 aliphatic carbocycles. The van der Waals surface area contributed by atoms with Gasteiger partial charge in [-0.15, -0.1) is 0 Å². The molecule has 2 aromatic rings. The van der Waals surface area contributed by atoms with Gasteiger partial charge < -0.3 is 5.11 Å². The zero-order valence-electron chi connectivity index (χ0n) is 12.7. The number of halogens is 1. The Morgan fingerprint density at radius 2 is 1.83 bits per heavy atom. The van der Waals surface area contributed by atoms with Crippen LogP contribution in [0.2, 0.25) is 5.02 Å². The monoisotopic (exact) mass is 365 g/mol. The van der Waals surface area contributed by atoms with Gasteiger partial charge in [0.2, 0.25) is 0 Å². The van der Waals surface area contributed by atoms with E-state index >= 15 is 0 Å². The van der Waals surface area contributed by atoms with Crippen LogP contribution in [0, 0.1) is 0 Å². The van der Waals surface area contributed by atoms with Gasteiger partial charge in [-0.2, -0.15) is 0 Å². The van der Waals surface area contributed by atoms with E-state index in [0.29, 0.717) is 29.1 Å². The van der Waals surface area contributed by atoms with Crippen LogP contribution in [0.4, 0.5) is 5.69 Å². The van der Waals surface area contributed by atoms with Crippen LogP contribution in [0.25, 0.3) is 0 Å². The van der Waals surface area contributed by atoms with Crippen LogP contribution >= 0.6 is 11.6 Å². The van der Waals surface area contributed by atoms with E-state index in [1.54, 1.807) is 0 Å². The van der Waals surface area contributed by atoms with Crippen molar-refractivity contribution in [3.8, 4) is 5.75 Å². The predicted molar refractivity (Wildman–Crippen MR) is 92.0 cm³/mol. The van der Waals surface area contributed by atoms with Gasteiger partial charge in [0.05, 0.1) is 4.90 Å². The minimum absolute atomic E-state index is 0.00434. The summed E-state index contributed by atoms with van der Waals surface area (Å²) in [5, 5.41) is 10.5. The van der Waals surface area contributed by atoms with Crippen LogP contribution in [-0.2, 0) is 14.8 Å². The Hall–Kier alpha value is -2.05. The van der Waals surface area contributed by atoms with E-state index in [0.717, 1.165) is 6.42 Å². The average Bonchev–Trinajstić information content (AvgIpc) is 2.95. The second-order valence-corrected chi connectivity index (χ2v) is 7.86. The quantitative estimate of drug-likeness (QED) is 0.809. The highest BCUT2D eigenvalue weighted by Gasteiger charge is 2.28. The molecule has 3 rings (SSSR count). The van der Waals surface area contributed by atoms with Gasteiger partial charge in [-0.3, -0.25) is 9.52 Å². The summed E-state index contributed by atoms with van der Waals surface area (Å²) in [7, 11) is -3.77. The van der Waals surface area contributed by atoms with Crippen molar-refractivity contribution in [3.63, 3.8) is 0 Å². The molecule has 0 aromatic heterocycles. The van der Waals surface area contributed by atoms with Crippen LogP contribution in [0.15, 0.2) is 47.4 Å². The van der Waals surface area contributed by atoms with Crippen LogP contribution in [-0.4, -0.2) is 19.3 Å². The lowest BCUT2D eigenvalue weighted by atomic mass is 9.95. The van der Waals surface area contributed by atoms with Crippen LogP contribution in [0.1, 0.15) is 30.7 Å². The van der Waals surface area contributed by atoms with Crippen LogP contribution in [0.3, 0.4) is 0 Å². The molecular weight excluding hydrogens is 350 g/mol. The maximum Gasteiger partial charge on any atom is 0.261 e. The average molecular weight is 366 g/mol.